The number of rotatable bonds is 6. The van der Waals surface area contributed by atoms with Gasteiger partial charge in [-0.2, -0.15) is 0 Å². The maximum Gasteiger partial charge on any atom is 0.127 e. The molecule has 1 aromatic heterocycles. The molecular formula is C19H25NO. The first-order valence-corrected chi connectivity index (χ1v) is 6.99. The van der Waals surface area contributed by atoms with E-state index in [1.54, 1.807) is 0 Å². The smallest absolute Gasteiger partial charge is 0.127 e. The fourth-order valence-corrected chi connectivity index (χ4v) is 1.68. The second kappa shape index (κ2) is 7.65. The zero-order valence-corrected chi connectivity index (χ0v) is 13.5. The van der Waals surface area contributed by atoms with Crippen LogP contribution in [0.3, 0.4) is 0 Å². The average Bonchev–Trinajstić information content (AvgIpc) is 2.75. The van der Waals surface area contributed by atoms with E-state index in [0.29, 0.717) is 12.0 Å². The lowest BCUT2D eigenvalue weighted by molar-refractivity contribution is 0.470. The normalized spacial score (nSPS) is 13.6. The molecule has 1 rings (SSSR count). The third-order valence-corrected chi connectivity index (χ3v) is 3.34. The molecule has 0 atom stereocenters. The van der Waals surface area contributed by atoms with Crippen molar-refractivity contribution in [2.75, 3.05) is 7.05 Å². The van der Waals surface area contributed by atoms with Crippen LogP contribution in [0.25, 0.3) is 12.7 Å². The second-order valence-corrected chi connectivity index (χ2v) is 5.27. The molecular weight excluding hydrogens is 258 g/mol. The minimum absolute atomic E-state index is 0.669. The van der Waals surface area contributed by atoms with E-state index in [-0.39, 0.29) is 0 Å². The average molecular weight is 283 g/mol. The van der Waals surface area contributed by atoms with Crippen molar-refractivity contribution >= 4 is 12.7 Å². The van der Waals surface area contributed by atoms with Gasteiger partial charge in [0.25, 0.3) is 0 Å². The van der Waals surface area contributed by atoms with Crippen molar-refractivity contribution < 1.29 is 4.42 Å². The number of allylic oxidation sites excluding steroid dienone is 6. The van der Waals surface area contributed by atoms with Gasteiger partial charge in [0, 0.05) is 5.22 Å². The Balaban J connectivity index is 3.02. The number of furan rings is 1. The molecule has 0 radical (unpaired) electrons. The van der Waals surface area contributed by atoms with E-state index < -0.39 is 0 Å². The Bertz CT molecular complexity index is 698. The Morgan fingerprint density at radius 2 is 1.81 bits per heavy atom. The zero-order valence-electron chi connectivity index (χ0n) is 13.5. The largest absolute Gasteiger partial charge is 0.460 e. The predicted molar refractivity (Wildman–Crippen MR) is 92.2 cm³/mol. The van der Waals surface area contributed by atoms with Crippen LogP contribution in [-0.4, -0.2) is 7.05 Å². The molecule has 0 saturated carbocycles. The van der Waals surface area contributed by atoms with Gasteiger partial charge >= 0.3 is 0 Å². The summed E-state index contributed by atoms with van der Waals surface area (Å²) in [6.07, 6.45) is 6.12. The summed E-state index contributed by atoms with van der Waals surface area (Å²) in [5.41, 5.74) is 4.96. The van der Waals surface area contributed by atoms with Crippen molar-refractivity contribution in [1.82, 2.24) is 5.32 Å². The zero-order chi connectivity index (χ0) is 16.0. The Labute approximate surface area is 127 Å². The molecule has 0 aromatic carbocycles. The Hall–Kier alpha value is -2.06. The Morgan fingerprint density at radius 1 is 1.19 bits per heavy atom. The maximum atomic E-state index is 5.58. The van der Waals surface area contributed by atoms with Crippen molar-refractivity contribution in [2.24, 2.45) is 0 Å². The van der Waals surface area contributed by atoms with Gasteiger partial charge < -0.3 is 9.73 Å². The highest BCUT2D eigenvalue weighted by Gasteiger charge is 1.99. The lowest BCUT2D eigenvalue weighted by Gasteiger charge is -2.00. The highest BCUT2D eigenvalue weighted by molar-refractivity contribution is 5.56. The van der Waals surface area contributed by atoms with Gasteiger partial charge in [-0.05, 0) is 56.7 Å². The van der Waals surface area contributed by atoms with Crippen LogP contribution in [0.15, 0.2) is 58.1 Å². The Morgan fingerprint density at radius 3 is 2.38 bits per heavy atom. The van der Waals surface area contributed by atoms with E-state index in [9.17, 15) is 0 Å². The van der Waals surface area contributed by atoms with Crippen LogP contribution in [-0.2, 0) is 6.54 Å². The summed E-state index contributed by atoms with van der Waals surface area (Å²) in [5.74, 6) is 0.876. The third kappa shape index (κ3) is 5.09. The van der Waals surface area contributed by atoms with Gasteiger partial charge in [-0.3, -0.25) is 0 Å². The molecule has 112 valence electrons. The van der Waals surface area contributed by atoms with Crippen LogP contribution in [0.1, 0.15) is 26.5 Å². The van der Waals surface area contributed by atoms with Crippen LogP contribution in [0.2, 0.25) is 0 Å². The van der Waals surface area contributed by atoms with Gasteiger partial charge in [0.05, 0.1) is 6.54 Å². The van der Waals surface area contributed by atoms with E-state index in [0.717, 1.165) is 27.7 Å². The van der Waals surface area contributed by atoms with Gasteiger partial charge in [-0.1, -0.05) is 37.5 Å². The molecule has 0 aliphatic carbocycles. The highest BCUT2D eigenvalue weighted by Crippen LogP contribution is 2.11. The summed E-state index contributed by atoms with van der Waals surface area (Å²) in [4.78, 5) is 0. The first kappa shape index (κ1) is 17.0. The molecule has 0 fully saturated rings. The van der Waals surface area contributed by atoms with Crippen molar-refractivity contribution in [1.29, 1.82) is 0 Å². The van der Waals surface area contributed by atoms with Gasteiger partial charge in [0.2, 0.25) is 0 Å². The summed E-state index contributed by atoms with van der Waals surface area (Å²) in [7, 11) is 1.89. The van der Waals surface area contributed by atoms with Crippen molar-refractivity contribution in [2.45, 2.75) is 27.3 Å². The third-order valence-electron chi connectivity index (χ3n) is 3.34. The molecule has 21 heavy (non-hydrogen) atoms. The number of nitrogens with one attached hydrogen (secondary N) is 1. The fraction of sp³-hybridized carbons (Fsp3) is 0.263. The minimum Gasteiger partial charge on any atom is -0.460 e. The van der Waals surface area contributed by atoms with E-state index >= 15 is 0 Å². The molecule has 0 amide bonds. The minimum atomic E-state index is 0.669. The van der Waals surface area contributed by atoms with Crippen molar-refractivity contribution in [3.8, 4) is 0 Å². The van der Waals surface area contributed by atoms with E-state index in [4.69, 9.17) is 4.42 Å². The summed E-state index contributed by atoms with van der Waals surface area (Å²) >= 11 is 0. The highest BCUT2D eigenvalue weighted by atomic mass is 16.3. The van der Waals surface area contributed by atoms with Gasteiger partial charge in [0.15, 0.2) is 0 Å². The molecule has 1 N–H and O–H groups in total. The Kier molecular flexibility index (Phi) is 6.19. The first-order chi connectivity index (χ1) is 9.85. The molecule has 1 aromatic rings. The van der Waals surface area contributed by atoms with E-state index in [1.165, 1.54) is 5.57 Å². The molecule has 0 bridgehead atoms. The van der Waals surface area contributed by atoms with Crippen LogP contribution >= 0.6 is 0 Å². The molecule has 2 nitrogen and oxygen atoms in total. The van der Waals surface area contributed by atoms with E-state index in [1.807, 2.05) is 40.0 Å². The van der Waals surface area contributed by atoms with Crippen LogP contribution in [0.4, 0.5) is 0 Å². The summed E-state index contributed by atoms with van der Waals surface area (Å²) in [5, 5.41) is 4.03. The van der Waals surface area contributed by atoms with Crippen LogP contribution in [0, 0.1) is 0 Å². The molecule has 0 aliphatic heterocycles. The summed E-state index contributed by atoms with van der Waals surface area (Å²) < 4.78 is 5.58. The topological polar surface area (TPSA) is 25.2 Å². The lowest BCUT2D eigenvalue weighted by Crippen LogP contribution is -2.17. The standard InChI is InChI=1S/C19H25NO/c1-13(2)14(3)8-9-15(4)16(5)10-18-11-19(12-20-7)21-17(18)6/h8-11,20H,1,5-6,12H2,2-4,7H3/b14-8+,15-9+,18-10-. The molecule has 0 unspecified atom stereocenters. The first-order valence-electron chi connectivity index (χ1n) is 6.99. The molecule has 0 saturated heterocycles. The fourth-order valence-electron chi connectivity index (χ4n) is 1.68. The van der Waals surface area contributed by atoms with E-state index in [2.05, 4.69) is 37.2 Å². The number of hydrogen-bond donors (Lipinski definition) is 1. The van der Waals surface area contributed by atoms with Gasteiger partial charge in [-0.15, -0.1) is 0 Å². The second-order valence-electron chi connectivity index (χ2n) is 5.27. The summed E-state index contributed by atoms with van der Waals surface area (Å²) in [6.45, 7) is 18.7. The van der Waals surface area contributed by atoms with Crippen LogP contribution in [0.5, 0.6) is 0 Å². The SMILES string of the molecule is C=C(C)/C(C)=C/C=C(\C)C(=C)/C=c1/cc(CNC)oc1=C. The summed E-state index contributed by atoms with van der Waals surface area (Å²) in [6, 6.07) is 1.99. The molecule has 1 heterocycles. The van der Waals surface area contributed by atoms with Gasteiger partial charge in [-0.25, -0.2) is 0 Å². The monoisotopic (exact) mass is 283 g/mol. The quantitative estimate of drug-likeness (QED) is 0.811. The van der Waals surface area contributed by atoms with Gasteiger partial charge in [0.1, 0.15) is 11.2 Å². The molecule has 0 aliphatic rings. The number of hydrogen-bond acceptors (Lipinski definition) is 2. The molecule has 0 spiro atoms. The molecule has 2 heteroatoms. The van der Waals surface area contributed by atoms with Crippen molar-refractivity contribution in [3.05, 3.63) is 70.1 Å². The maximum absolute atomic E-state index is 5.58. The predicted octanol–water partition coefficient (Wildman–Crippen LogP) is 3.21. The van der Waals surface area contributed by atoms with Crippen LogP contribution < -0.4 is 16.0 Å². The lowest BCUT2D eigenvalue weighted by atomic mass is 10.1. The van der Waals surface area contributed by atoms with Crippen molar-refractivity contribution in [3.63, 3.8) is 0 Å².